The Morgan fingerprint density at radius 1 is 1.45 bits per heavy atom. The van der Waals surface area contributed by atoms with Crippen LogP contribution < -0.4 is 4.74 Å². The zero-order valence-corrected chi connectivity index (χ0v) is 12.9. The highest BCUT2D eigenvalue weighted by molar-refractivity contribution is 9.10. The minimum absolute atomic E-state index is 0.0428. The third-order valence-corrected chi connectivity index (χ3v) is 4.16. The van der Waals surface area contributed by atoms with E-state index in [0.29, 0.717) is 19.1 Å². The molecule has 0 spiro atoms. The fraction of sp³-hybridized carbons (Fsp3) is 0.308. The van der Waals surface area contributed by atoms with Gasteiger partial charge in [-0.1, -0.05) is 0 Å². The lowest BCUT2D eigenvalue weighted by Gasteiger charge is -2.15. The standard InChI is InChI=1S/C13H12BrN3O2S/c14-10-5-15-13(16-6-10)19-11-1-3-17(7-11)12(18)9-2-4-20-8-9/h2,4-6,8,11H,1,3,7H2/t11-/m1/s1. The van der Waals surface area contributed by atoms with Gasteiger partial charge in [-0.2, -0.15) is 11.3 Å². The molecule has 0 bridgehead atoms. The van der Waals surface area contributed by atoms with Crippen LogP contribution in [-0.4, -0.2) is 40.0 Å². The molecule has 0 saturated carbocycles. The van der Waals surface area contributed by atoms with E-state index < -0.39 is 0 Å². The Bertz CT molecular complexity index is 588. The van der Waals surface area contributed by atoms with Crippen LogP contribution in [0.1, 0.15) is 16.8 Å². The Kier molecular flexibility index (Phi) is 3.98. The van der Waals surface area contributed by atoms with Crippen LogP contribution in [0, 0.1) is 0 Å². The zero-order valence-electron chi connectivity index (χ0n) is 10.5. The molecule has 1 fully saturated rings. The van der Waals surface area contributed by atoms with Crippen LogP contribution >= 0.6 is 27.3 Å². The predicted molar refractivity (Wildman–Crippen MR) is 79.0 cm³/mol. The van der Waals surface area contributed by atoms with Crippen LogP contribution in [-0.2, 0) is 0 Å². The number of rotatable bonds is 3. The van der Waals surface area contributed by atoms with Crippen molar-refractivity contribution in [3.05, 3.63) is 39.3 Å². The topological polar surface area (TPSA) is 55.3 Å². The molecule has 20 heavy (non-hydrogen) atoms. The van der Waals surface area contributed by atoms with Gasteiger partial charge in [0.1, 0.15) is 6.10 Å². The summed E-state index contributed by atoms with van der Waals surface area (Å²) in [6, 6.07) is 2.20. The number of carbonyl (C=O) groups excluding carboxylic acids is 1. The van der Waals surface area contributed by atoms with Gasteiger partial charge in [-0.05, 0) is 27.4 Å². The second-order valence-corrected chi connectivity index (χ2v) is 6.17. The smallest absolute Gasteiger partial charge is 0.316 e. The van der Waals surface area contributed by atoms with Crippen molar-refractivity contribution in [3.8, 4) is 6.01 Å². The minimum Gasteiger partial charge on any atom is -0.458 e. The Labute approximate surface area is 128 Å². The van der Waals surface area contributed by atoms with Gasteiger partial charge < -0.3 is 9.64 Å². The predicted octanol–water partition coefficient (Wildman–Crippen LogP) is 2.59. The number of likely N-dealkylation sites (tertiary alicyclic amines) is 1. The van der Waals surface area contributed by atoms with Crippen LogP contribution in [0.15, 0.2) is 33.7 Å². The van der Waals surface area contributed by atoms with Gasteiger partial charge in [0.05, 0.1) is 16.6 Å². The number of aromatic nitrogens is 2. The monoisotopic (exact) mass is 353 g/mol. The summed E-state index contributed by atoms with van der Waals surface area (Å²) in [6.45, 7) is 1.28. The third kappa shape index (κ3) is 2.99. The van der Waals surface area contributed by atoms with E-state index in [0.717, 1.165) is 16.5 Å². The highest BCUT2D eigenvalue weighted by Gasteiger charge is 2.28. The van der Waals surface area contributed by atoms with Crippen LogP contribution in [0.3, 0.4) is 0 Å². The Morgan fingerprint density at radius 3 is 2.95 bits per heavy atom. The molecule has 0 unspecified atom stereocenters. The van der Waals surface area contributed by atoms with Gasteiger partial charge in [0.25, 0.3) is 5.91 Å². The molecule has 1 amide bonds. The van der Waals surface area contributed by atoms with E-state index >= 15 is 0 Å². The summed E-state index contributed by atoms with van der Waals surface area (Å²) in [5, 5.41) is 3.78. The van der Waals surface area contributed by atoms with Gasteiger partial charge in [0.2, 0.25) is 0 Å². The molecule has 2 aromatic rings. The van der Waals surface area contributed by atoms with E-state index in [1.165, 1.54) is 11.3 Å². The molecular weight excluding hydrogens is 342 g/mol. The number of amides is 1. The molecule has 2 aromatic heterocycles. The first-order chi connectivity index (χ1) is 9.72. The fourth-order valence-corrected chi connectivity index (χ4v) is 2.92. The molecule has 1 atom stereocenters. The third-order valence-electron chi connectivity index (χ3n) is 3.07. The number of halogens is 1. The van der Waals surface area contributed by atoms with Crippen LogP contribution in [0.25, 0.3) is 0 Å². The van der Waals surface area contributed by atoms with Gasteiger partial charge in [0, 0.05) is 30.7 Å². The van der Waals surface area contributed by atoms with Crippen LogP contribution in [0.2, 0.25) is 0 Å². The summed E-state index contributed by atoms with van der Waals surface area (Å²) in [5.41, 5.74) is 0.746. The Balaban J connectivity index is 1.59. The minimum atomic E-state index is -0.0428. The number of hydrogen-bond acceptors (Lipinski definition) is 5. The van der Waals surface area contributed by atoms with Gasteiger partial charge in [-0.25, -0.2) is 9.97 Å². The van der Waals surface area contributed by atoms with Gasteiger partial charge in [-0.15, -0.1) is 0 Å². The molecule has 1 aliphatic heterocycles. The van der Waals surface area contributed by atoms with Crippen LogP contribution in [0.5, 0.6) is 6.01 Å². The lowest BCUT2D eigenvalue weighted by atomic mass is 10.3. The lowest BCUT2D eigenvalue weighted by molar-refractivity contribution is 0.0770. The highest BCUT2D eigenvalue weighted by Crippen LogP contribution is 2.19. The summed E-state index contributed by atoms with van der Waals surface area (Å²) in [7, 11) is 0. The van der Waals surface area contributed by atoms with Crippen molar-refractivity contribution in [3.63, 3.8) is 0 Å². The zero-order chi connectivity index (χ0) is 13.9. The first-order valence-electron chi connectivity index (χ1n) is 6.18. The summed E-state index contributed by atoms with van der Waals surface area (Å²) in [4.78, 5) is 22.2. The van der Waals surface area contributed by atoms with Gasteiger partial charge in [-0.3, -0.25) is 4.79 Å². The molecule has 104 valence electrons. The molecular formula is C13H12BrN3O2S. The summed E-state index contributed by atoms with van der Waals surface area (Å²) in [6.07, 6.45) is 4.05. The summed E-state index contributed by atoms with van der Waals surface area (Å²) in [5.74, 6) is 0.0640. The molecule has 1 aliphatic rings. The average Bonchev–Trinajstić information content (AvgIpc) is 3.12. The lowest BCUT2D eigenvalue weighted by Crippen LogP contribution is -2.30. The Hall–Kier alpha value is -1.47. The molecule has 0 aliphatic carbocycles. The van der Waals surface area contributed by atoms with Crippen molar-refractivity contribution in [2.45, 2.75) is 12.5 Å². The quantitative estimate of drug-likeness (QED) is 0.850. The van der Waals surface area contributed by atoms with Crippen molar-refractivity contribution in [2.24, 2.45) is 0 Å². The second-order valence-electron chi connectivity index (χ2n) is 4.48. The molecule has 0 radical (unpaired) electrons. The number of carbonyl (C=O) groups is 1. The van der Waals surface area contributed by atoms with E-state index in [4.69, 9.17) is 4.74 Å². The van der Waals surface area contributed by atoms with E-state index in [2.05, 4.69) is 25.9 Å². The fourth-order valence-electron chi connectivity index (χ4n) is 2.09. The number of hydrogen-bond donors (Lipinski definition) is 0. The SMILES string of the molecule is O=C(c1ccsc1)N1CC[C@@H](Oc2ncc(Br)cn2)C1. The number of thiophene rings is 1. The van der Waals surface area contributed by atoms with E-state index in [-0.39, 0.29) is 12.0 Å². The maximum atomic E-state index is 12.2. The Morgan fingerprint density at radius 2 is 2.25 bits per heavy atom. The van der Waals surface area contributed by atoms with Crippen molar-refractivity contribution in [1.82, 2.24) is 14.9 Å². The van der Waals surface area contributed by atoms with E-state index in [1.54, 1.807) is 12.4 Å². The first kappa shape index (κ1) is 13.5. The highest BCUT2D eigenvalue weighted by atomic mass is 79.9. The molecule has 0 aromatic carbocycles. The largest absolute Gasteiger partial charge is 0.458 e. The van der Waals surface area contributed by atoms with Crippen molar-refractivity contribution < 1.29 is 9.53 Å². The molecule has 3 heterocycles. The van der Waals surface area contributed by atoms with E-state index in [9.17, 15) is 4.79 Å². The molecule has 7 heteroatoms. The summed E-state index contributed by atoms with van der Waals surface area (Å²) >= 11 is 4.80. The maximum absolute atomic E-state index is 12.2. The number of ether oxygens (including phenoxy) is 1. The molecule has 5 nitrogen and oxygen atoms in total. The van der Waals surface area contributed by atoms with Crippen LogP contribution in [0.4, 0.5) is 0 Å². The number of nitrogens with zero attached hydrogens (tertiary/aromatic N) is 3. The second kappa shape index (κ2) is 5.88. The molecule has 1 saturated heterocycles. The summed E-state index contributed by atoms with van der Waals surface area (Å²) < 4.78 is 6.50. The molecule has 3 rings (SSSR count). The van der Waals surface area contributed by atoms with Gasteiger partial charge >= 0.3 is 6.01 Å². The van der Waals surface area contributed by atoms with Crippen molar-refractivity contribution >= 4 is 33.2 Å². The van der Waals surface area contributed by atoms with Crippen molar-refractivity contribution in [2.75, 3.05) is 13.1 Å². The molecule has 0 N–H and O–H groups in total. The maximum Gasteiger partial charge on any atom is 0.316 e. The first-order valence-corrected chi connectivity index (χ1v) is 7.91. The normalized spacial score (nSPS) is 18.2. The average molecular weight is 354 g/mol. The van der Waals surface area contributed by atoms with E-state index in [1.807, 2.05) is 21.7 Å². The van der Waals surface area contributed by atoms with Crippen molar-refractivity contribution in [1.29, 1.82) is 0 Å². The van der Waals surface area contributed by atoms with Gasteiger partial charge in [0.15, 0.2) is 0 Å².